The van der Waals surface area contributed by atoms with Gasteiger partial charge in [-0.1, -0.05) is 0 Å². The van der Waals surface area contributed by atoms with Crippen molar-refractivity contribution in [3.63, 3.8) is 0 Å². The van der Waals surface area contributed by atoms with Gasteiger partial charge in [0.1, 0.15) is 0 Å². The van der Waals surface area contributed by atoms with Crippen molar-refractivity contribution >= 4 is 6.09 Å². The summed E-state index contributed by atoms with van der Waals surface area (Å²) in [5, 5.41) is 7.93. The van der Waals surface area contributed by atoms with Crippen molar-refractivity contribution in [2.75, 3.05) is 0 Å². The second-order valence-corrected chi connectivity index (χ2v) is 1.57. The van der Waals surface area contributed by atoms with Crippen LogP contribution in [0.1, 0.15) is 13.8 Å². The van der Waals surface area contributed by atoms with E-state index in [9.17, 15) is 4.79 Å². The maximum atomic E-state index is 9.67. The van der Waals surface area contributed by atoms with Crippen LogP contribution in [0.15, 0.2) is 0 Å². The van der Waals surface area contributed by atoms with Crippen molar-refractivity contribution in [1.29, 1.82) is 0 Å². The van der Waals surface area contributed by atoms with Crippen LogP contribution in [0.3, 0.4) is 0 Å². The summed E-state index contributed by atoms with van der Waals surface area (Å²) in [4.78, 5) is 14.1. The lowest BCUT2D eigenvalue weighted by molar-refractivity contribution is 0.00253. The third-order valence-electron chi connectivity index (χ3n) is 0.382. The van der Waals surface area contributed by atoms with E-state index in [0.29, 0.717) is 0 Å². The van der Waals surface area contributed by atoms with E-state index in [0.717, 1.165) is 0 Å². The van der Waals surface area contributed by atoms with Gasteiger partial charge in [0.25, 0.3) is 0 Å². The lowest BCUT2D eigenvalue weighted by Gasteiger charge is -2.03. The van der Waals surface area contributed by atoms with Crippen molar-refractivity contribution in [2.45, 2.75) is 20.0 Å². The highest BCUT2D eigenvalue weighted by molar-refractivity contribution is 5.62. The number of nitrogens with one attached hydrogen (secondary N) is 1. The Morgan fingerprint density at radius 2 is 2.25 bits per heavy atom. The van der Waals surface area contributed by atoms with Gasteiger partial charge in [-0.15, -0.1) is 0 Å². The standard InChI is InChI=1S/C4H9NO3/c1-3(2)8-5-4(6)7/h3,5H,1-2H3,(H,6,7). The van der Waals surface area contributed by atoms with Crippen molar-refractivity contribution in [3.8, 4) is 0 Å². The summed E-state index contributed by atoms with van der Waals surface area (Å²) in [7, 11) is 0. The average molecular weight is 119 g/mol. The zero-order valence-electron chi connectivity index (χ0n) is 4.84. The van der Waals surface area contributed by atoms with Crippen LogP contribution in [-0.4, -0.2) is 17.3 Å². The maximum absolute atomic E-state index is 9.67. The molecule has 0 fully saturated rings. The van der Waals surface area contributed by atoms with Crippen LogP contribution in [0.5, 0.6) is 0 Å². The summed E-state index contributed by atoms with van der Waals surface area (Å²) in [6.07, 6.45) is -1.27. The van der Waals surface area contributed by atoms with Crippen LogP contribution in [-0.2, 0) is 4.84 Å². The highest BCUT2D eigenvalue weighted by Crippen LogP contribution is 1.80. The van der Waals surface area contributed by atoms with E-state index in [4.69, 9.17) is 5.11 Å². The second-order valence-electron chi connectivity index (χ2n) is 1.57. The minimum atomic E-state index is -1.17. The Labute approximate surface area is 47.4 Å². The number of amides is 1. The van der Waals surface area contributed by atoms with Crippen molar-refractivity contribution in [1.82, 2.24) is 5.48 Å². The van der Waals surface area contributed by atoms with E-state index in [1.807, 2.05) is 0 Å². The minimum Gasteiger partial charge on any atom is -0.464 e. The van der Waals surface area contributed by atoms with Gasteiger partial charge in [-0.05, 0) is 13.8 Å². The zero-order chi connectivity index (χ0) is 6.57. The fourth-order valence-corrected chi connectivity index (χ4v) is 0.168. The molecule has 0 saturated heterocycles. The van der Waals surface area contributed by atoms with Crippen molar-refractivity contribution in [3.05, 3.63) is 0 Å². The second kappa shape index (κ2) is 3.26. The Balaban J connectivity index is 3.05. The Morgan fingerprint density at radius 1 is 1.75 bits per heavy atom. The van der Waals surface area contributed by atoms with E-state index in [1.54, 1.807) is 19.3 Å². The quantitative estimate of drug-likeness (QED) is 0.523. The molecule has 0 radical (unpaired) electrons. The molecule has 0 aromatic carbocycles. The third kappa shape index (κ3) is 5.23. The molecule has 4 heteroatoms. The number of hydrogen-bond donors (Lipinski definition) is 2. The van der Waals surface area contributed by atoms with Gasteiger partial charge in [0.15, 0.2) is 0 Å². The van der Waals surface area contributed by atoms with E-state index in [-0.39, 0.29) is 6.10 Å². The zero-order valence-corrected chi connectivity index (χ0v) is 4.84. The Hall–Kier alpha value is -0.770. The largest absolute Gasteiger partial charge is 0.464 e. The Kier molecular flexibility index (Phi) is 2.95. The van der Waals surface area contributed by atoms with Gasteiger partial charge in [0, 0.05) is 0 Å². The summed E-state index contributed by atoms with van der Waals surface area (Å²) >= 11 is 0. The Bertz CT molecular complexity index is 81.4. The van der Waals surface area contributed by atoms with Gasteiger partial charge in [0.2, 0.25) is 0 Å². The van der Waals surface area contributed by atoms with E-state index in [2.05, 4.69) is 4.84 Å². The number of hydroxylamine groups is 1. The highest BCUT2D eigenvalue weighted by atomic mass is 16.7. The van der Waals surface area contributed by atoms with Crippen LogP contribution >= 0.6 is 0 Å². The van der Waals surface area contributed by atoms with Gasteiger partial charge in [0.05, 0.1) is 6.10 Å². The predicted octanol–water partition coefficient (Wildman–Crippen LogP) is 0.594. The van der Waals surface area contributed by atoms with Crippen LogP contribution in [0, 0.1) is 0 Å². The summed E-state index contributed by atoms with van der Waals surface area (Å²) in [6, 6.07) is 0. The molecule has 8 heavy (non-hydrogen) atoms. The van der Waals surface area contributed by atoms with Gasteiger partial charge in [-0.25, -0.2) is 4.79 Å². The van der Waals surface area contributed by atoms with Crippen LogP contribution < -0.4 is 5.48 Å². The smallest absolute Gasteiger partial charge is 0.428 e. The summed E-state index contributed by atoms with van der Waals surface area (Å²) in [5.41, 5.74) is 1.76. The molecule has 4 nitrogen and oxygen atoms in total. The number of rotatable bonds is 2. The lowest BCUT2D eigenvalue weighted by Crippen LogP contribution is -2.24. The normalized spacial score (nSPS) is 9.38. The van der Waals surface area contributed by atoms with Gasteiger partial charge < -0.3 is 5.11 Å². The molecule has 0 unspecified atom stereocenters. The number of carbonyl (C=O) groups is 1. The lowest BCUT2D eigenvalue weighted by atomic mass is 10.5. The summed E-state index contributed by atoms with van der Waals surface area (Å²) < 4.78 is 0. The molecule has 0 bridgehead atoms. The topological polar surface area (TPSA) is 58.6 Å². The summed E-state index contributed by atoms with van der Waals surface area (Å²) in [6.45, 7) is 3.46. The SMILES string of the molecule is CC(C)ONC(=O)O. The molecule has 2 N–H and O–H groups in total. The molecule has 0 spiro atoms. The first-order chi connectivity index (χ1) is 3.63. The molecule has 0 heterocycles. The van der Waals surface area contributed by atoms with E-state index in [1.165, 1.54) is 0 Å². The molecule has 1 amide bonds. The first kappa shape index (κ1) is 7.23. The molecule has 0 atom stereocenters. The first-order valence-corrected chi connectivity index (χ1v) is 2.27. The molecule has 0 aliphatic carbocycles. The van der Waals surface area contributed by atoms with Crippen molar-refractivity contribution < 1.29 is 14.7 Å². The molecule has 0 rings (SSSR count). The maximum Gasteiger partial charge on any atom is 0.428 e. The monoisotopic (exact) mass is 119 g/mol. The highest BCUT2D eigenvalue weighted by Gasteiger charge is 1.94. The number of carboxylic acid groups (broad SMARTS) is 1. The molecule has 0 aliphatic heterocycles. The summed E-state index contributed by atoms with van der Waals surface area (Å²) in [5.74, 6) is 0. The first-order valence-electron chi connectivity index (χ1n) is 2.27. The van der Waals surface area contributed by atoms with E-state index < -0.39 is 6.09 Å². The molecule has 0 aliphatic rings. The number of hydrogen-bond acceptors (Lipinski definition) is 2. The van der Waals surface area contributed by atoms with Gasteiger partial charge in [-0.3, -0.25) is 4.84 Å². The van der Waals surface area contributed by atoms with Gasteiger partial charge >= 0.3 is 6.09 Å². The fourth-order valence-electron chi connectivity index (χ4n) is 0.168. The van der Waals surface area contributed by atoms with Crippen LogP contribution in [0.2, 0.25) is 0 Å². The Morgan fingerprint density at radius 3 is 2.38 bits per heavy atom. The molecule has 0 saturated carbocycles. The predicted molar refractivity (Wildman–Crippen MR) is 27.4 cm³/mol. The molecule has 0 aromatic rings. The minimum absolute atomic E-state index is 0.105. The third-order valence-corrected chi connectivity index (χ3v) is 0.382. The van der Waals surface area contributed by atoms with Gasteiger partial charge in [-0.2, -0.15) is 5.48 Å². The molecule has 48 valence electrons. The van der Waals surface area contributed by atoms with Crippen molar-refractivity contribution in [2.24, 2.45) is 0 Å². The molecular weight excluding hydrogens is 110 g/mol. The van der Waals surface area contributed by atoms with Crippen LogP contribution in [0.4, 0.5) is 4.79 Å². The fraction of sp³-hybridized carbons (Fsp3) is 0.750. The van der Waals surface area contributed by atoms with E-state index >= 15 is 0 Å². The molecule has 0 aromatic heterocycles. The molecular formula is C4H9NO3. The average Bonchev–Trinajstić information content (AvgIpc) is 1.61. The van der Waals surface area contributed by atoms with Crippen LogP contribution in [0.25, 0.3) is 0 Å².